The fourth-order valence-corrected chi connectivity index (χ4v) is 7.21. The van der Waals surface area contributed by atoms with Gasteiger partial charge in [0.15, 0.2) is 0 Å². The lowest BCUT2D eigenvalue weighted by Crippen LogP contribution is -2.56. The van der Waals surface area contributed by atoms with E-state index in [-0.39, 0.29) is 42.5 Å². The lowest BCUT2D eigenvalue weighted by Gasteiger charge is -2.50. The van der Waals surface area contributed by atoms with Crippen molar-refractivity contribution in [2.24, 2.45) is 5.41 Å². The van der Waals surface area contributed by atoms with E-state index in [0.29, 0.717) is 43.6 Å². The summed E-state index contributed by atoms with van der Waals surface area (Å²) >= 11 is 0. The number of hydrogen-bond acceptors (Lipinski definition) is 5. The molecule has 0 saturated carbocycles. The van der Waals surface area contributed by atoms with Crippen molar-refractivity contribution in [3.63, 3.8) is 0 Å². The predicted octanol–water partition coefficient (Wildman–Crippen LogP) is 3.65. The van der Waals surface area contributed by atoms with Gasteiger partial charge in [-0.25, -0.2) is 4.39 Å². The van der Waals surface area contributed by atoms with E-state index < -0.39 is 52.3 Å². The van der Waals surface area contributed by atoms with Crippen molar-refractivity contribution in [2.75, 3.05) is 13.1 Å². The van der Waals surface area contributed by atoms with Crippen LogP contribution in [-0.4, -0.2) is 51.8 Å². The number of rotatable bonds is 4. The Balaban J connectivity index is 1.26. The molecule has 7 nitrogen and oxygen atoms in total. The van der Waals surface area contributed by atoms with Gasteiger partial charge in [0.2, 0.25) is 11.8 Å². The lowest BCUT2D eigenvalue weighted by atomic mass is 9.66. The third-order valence-corrected chi connectivity index (χ3v) is 9.36. The van der Waals surface area contributed by atoms with E-state index in [1.165, 1.54) is 17.0 Å². The number of hydrogen-bond donors (Lipinski definition) is 2. The quantitative estimate of drug-likeness (QED) is 0.441. The van der Waals surface area contributed by atoms with Crippen molar-refractivity contribution in [3.05, 3.63) is 69.5 Å². The van der Waals surface area contributed by atoms with Crippen LogP contribution < -0.4 is 5.32 Å². The SMILES string of the molecule is CCC12Cc3cc4c(c(F)c3C1(O)CCN(Cc1ccc(C(F)(F)F)cc1)C2)CN(C1CCC(=O)NC1=O)C4=O. The molecule has 6 rings (SSSR count). The van der Waals surface area contributed by atoms with E-state index in [1.54, 1.807) is 6.07 Å². The Kier molecular flexibility index (Phi) is 6.12. The standard InChI is InChI=1S/C29H29F4N3O4/c1-2-27-12-17-11-19-20(14-36(26(19)39)21-7-8-22(37)34-25(21)38)24(30)23(17)28(27,40)9-10-35(15-27)13-16-3-5-18(6-4-16)29(31,32)33/h3-6,11,21,40H,2,7-10,12-15H2,1H3,(H,34,37,38). The first kappa shape index (κ1) is 26.9. The van der Waals surface area contributed by atoms with Crippen LogP contribution in [0.5, 0.6) is 0 Å². The summed E-state index contributed by atoms with van der Waals surface area (Å²) in [6, 6.07) is 5.81. The second-order valence-electron chi connectivity index (χ2n) is 11.5. The molecule has 3 unspecified atom stereocenters. The zero-order valence-corrected chi connectivity index (χ0v) is 21.9. The maximum atomic E-state index is 16.2. The van der Waals surface area contributed by atoms with E-state index >= 15 is 4.39 Å². The van der Waals surface area contributed by atoms with Crippen LogP contribution >= 0.6 is 0 Å². The molecular weight excluding hydrogens is 530 g/mol. The first-order chi connectivity index (χ1) is 18.9. The van der Waals surface area contributed by atoms with E-state index in [9.17, 15) is 32.7 Å². The number of likely N-dealkylation sites (tertiary alicyclic amines) is 1. The van der Waals surface area contributed by atoms with E-state index in [1.807, 2.05) is 6.92 Å². The topological polar surface area (TPSA) is 89.9 Å². The van der Waals surface area contributed by atoms with Gasteiger partial charge in [-0.2, -0.15) is 13.2 Å². The molecule has 4 aliphatic rings. The lowest BCUT2D eigenvalue weighted by molar-refractivity contribution is -0.138. The first-order valence-corrected chi connectivity index (χ1v) is 13.5. The summed E-state index contributed by atoms with van der Waals surface area (Å²) < 4.78 is 55.1. The number of nitrogens with zero attached hydrogens (tertiary/aromatic N) is 2. The van der Waals surface area contributed by atoms with Gasteiger partial charge in [0.25, 0.3) is 5.91 Å². The van der Waals surface area contributed by atoms with Crippen LogP contribution in [0.4, 0.5) is 17.6 Å². The third kappa shape index (κ3) is 3.96. The minimum absolute atomic E-state index is 0.0945. The predicted molar refractivity (Wildman–Crippen MR) is 134 cm³/mol. The molecule has 3 heterocycles. The highest BCUT2D eigenvalue weighted by Gasteiger charge is 2.60. The highest BCUT2D eigenvalue weighted by Crippen LogP contribution is 2.58. The van der Waals surface area contributed by atoms with Crippen molar-refractivity contribution >= 4 is 17.7 Å². The Morgan fingerprint density at radius 3 is 2.52 bits per heavy atom. The van der Waals surface area contributed by atoms with Crippen LogP contribution in [0, 0.1) is 11.2 Å². The molecule has 1 aliphatic carbocycles. The molecule has 0 radical (unpaired) electrons. The number of aliphatic hydroxyl groups is 1. The number of piperidine rings is 2. The Bertz CT molecular complexity index is 1430. The molecular formula is C29H29F4N3O4. The summed E-state index contributed by atoms with van der Waals surface area (Å²) in [7, 11) is 0. The van der Waals surface area contributed by atoms with E-state index in [4.69, 9.17) is 0 Å². The summed E-state index contributed by atoms with van der Waals surface area (Å²) in [5, 5.41) is 14.3. The maximum Gasteiger partial charge on any atom is 0.416 e. The number of imide groups is 1. The first-order valence-electron chi connectivity index (χ1n) is 13.5. The second kappa shape index (κ2) is 9.10. The van der Waals surface area contributed by atoms with Gasteiger partial charge in [-0.15, -0.1) is 0 Å². The minimum atomic E-state index is -4.41. The third-order valence-electron chi connectivity index (χ3n) is 9.36. The average molecular weight is 560 g/mol. The zero-order chi connectivity index (χ0) is 28.6. The van der Waals surface area contributed by atoms with Gasteiger partial charge in [-0.3, -0.25) is 24.6 Å². The van der Waals surface area contributed by atoms with E-state index in [0.717, 1.165) is 12.1 Å². The number of alkyl halides is 3. The smallest absolute Gasteiger partial charge is 0.384 e. The van der Waals surface area contributed by atoms with Crippen LogP contribution in [0.1, 0.15) is 70.8 Å². The maximum absolute atomic E-state index is 16.2. The van der Waals surface area contributed by atoms with Gasteiger partial charge in [-0.05, 0) is 55.0 Å². The summed E-state index contributed by atoms with van der Waals surface area (Å²) in [4.78, 5) is 40.7. The summed E-state index contributed by atoms with van der Waals surface area (Å²) in [6.45, 7) is 3.03. The molecule has 2 aromatic carbocycles. The highest BCUT2D eigenvalue weighted by atomic mass is 19.4. The van der Waals surface area contributed by atoms with Gasteiger partial charge in [-0.1, -0.05) is 19.1 Å². The molecule has 0 aromatic heterocycles. The van der Waals surface area contributed by atoms with Crippen LogP contribution in [-0.2, 0) is 40.9 Å². The van der Waals surface area contributed by atoms with Gasteiger partial charge >= 0.3 is 6.18 Å². The summed E-state index contributed by atoms with van der Waals surface area (Å²) in [5.74, 6) is -2.07. The largest absolute Gasteiger partial charge is 0.416 e. The monoisotopic (exact) mass is 559 g/mol. The molecule has 212 valence electrons. The molecule has 2 aromatic rings. The molecule has 3 aliphatic heterocycles. The number of benzene rings is 2. The average Bonchev–Trinajstić information content (AvgIpc) is 3.36. The van der Waals surface area contributed by atoms with E-state index in [2.05, 4.69) is 10.2 Å². The number of carbonyl (C=O) groups excluding carboxylic acids is 3. The Hall–Kier alpha value is -3.31. The molecule has 3 amide bonds. The van der Waals surface area contributed by atoms with Crippen LogP contribution in [0.25, 0.3) is 0 Å². The molecule has 40 heavy (non-hydrogen) atoms. The summed E-state index contributed by atoms with van der Waals surface area (Å²) in [5.41, 5.74) is -1.10. The molecule has 2 N–H and O–H groups in total. The minimum Gasteiger partial charge on any atom is -0.384 e. The number of fused-ring (bicyclic) bond motifs is 4. The van der Waals surface area contributed by atoms with Crippen molar-refractivity contribution in [1.29, 1.82) is 0 Å². The molecule has 11 heteroatoms. The molecule has 0 spiro atoms. The Morgan fingerprint density at radius 1 is 1.15 bits per heavy atom. The second-order valence-corrected chi connectivity index (χ2v) is 11.5. The molecule has 0 bridgehead atoms. The fraction of sp³-hybridized carbons (Fsp3) is 0.483. The van der Waals surface area contributed by atoms with Crippen molar-refractivity contribution in [1.82, 2.24) is 15.1 Å². The molecule has 2 saturated heterocycles. The fourth-order valence-electron chi connectivity index (χ4n) is 7.21. The molecule has 2 fully saturated rings. The van der Waals surface area contributed by atoms with Crippen molar-refractivity contribution in [3.8, 4) is 0 Å². The Morgan fingerprint density at radius 2 is 1.88 bits per heavy atom. The Labute approximate surface area is 228 Å². The zero-order valence-electron chi connectivity index (χ0n) is 21.9. The number of halogens is 4. The van der Waals surface area contributed by atoms with Gasteiger partial charge in [0, 0.05) is 48.2 Å². The van der Waals surface area contributed by atoms with Crippen LogP contribution in [0.15, 0.2) is 30.3 Å². The number of amides is 3. The number of carbonyl (C=O) groups is 3. The number of nitrogens with one attached hydrogen (secondary N) is 1. The van der Waals surface area contributed by atoms with Crippen molar-refractivity contribution in [2.45, 2.75) is 69.9 Å². The van der Waals surface area contributed by atoms with Crippen molar-refractivity contribution < 1.29 is 37.1 Å². The highest BCUT2D eigenvalue weighted by molar-refractivity contribution is 6.05. The summed E-state index contributed by atoms with van der Waals surface area (Å²) in [6.07, 6.45) is -3.04. The van der Waals surface area contributed by atoms with Gasteiger partial charge in [0.05, 0.1) is 12.1 Å². The van der Waals surface area contributed by atoms with Crippen LogP contribution in [0.3, 0.4) is 0 Å². The van der Waals surface area contributed by atoms with Gasteiger partial charge < -0.3 is 10.0 Å². The normalized spacial score (nSPS) is 28.4. The van der Waals surface area contributed by atoms with Crippen LogP contribution in [0.2, 0.25) is 0 Å². The van der Waals surface area contributed by atoms with Gasteiger partial charge in [0.1, 0.15) is 17.5 Å². The molecule has 3 atom stereocenters.